The van der Waals surface area contributed by atoms with Crippen molar-refractivity contribution in [2.75, 3.05) is 33.8 Å². The summed E-state index contributed by atoms with van der Waals surface area (Å²) in [5.74, 6) is 1.06. The van der Waals surface area contributed by atoms with Crippen LogP contribution in [-0.4, -0.2) is 64.3 Å². The Kier molecular flexibility index (Phi) is 4.63. The SMILES string of the molecule is COc1ncccc1CN1C[C@@H](c2ccnn2C)[C@@]2(CCCN(C)C2=O)C1. The van der Waals surface area contributed by atoms with E-state index in [4.69, 9.17) is 4.74 Å². The molecular weight excluding hydrogens is 342 g/mol. The van der Waals surface area contributed by atoms with E-state index in [2.05, 4.69) is 21.0 Å². The van der Waals surface area contributed by atoms with E-state index in [1.54, 1.807) is 13.3 Å². The van der Waals surface area contributed by atoms with Crippen molar-refractivity contribution in [3.05, 3.63) is 41.9 Å². The monoisotopic (exact) mass is 369 g/mol. The minimum absolute atomic E-state index is 0.142. The van der Waals surface area contributed by atoms with E-state index in [1.807, 2.05) is 42.0 Å². The number of aromatic nitrogens is 3. The number of methoxy groups -OCH3 is 1. The fourth-order valence-electron chi connectivity index (χ4n) is 4.89. The summed E-state index contributed by atoms with van der Waals surface area (Å²) < 4.78 is 7.34. The largest absolute Gasteiger partial charge is 0.481 e. The summed E-state index contributed by atoms with van der Waals surface area (Å²) in [4.78, 5) is 21.9. The van der Waals surface area contributed by atoms with Gasteiger partial charge < -0.3 is 9.64 Å². The molecule has 2 fully saturated rings. The molecule has 0 saturated carbocycles. The Bertz CT molecular complexity index is 835. The van der Waals surface area contributed by atoms with Crippen LogP contribution in [0.25, 0.3) is 0 Å². The molecule has 4 rings (SSSR count). The molecule has 2 aliphatic heterocycles. The lowest BCUT2D eigenvalue weighted by atomic mass is 9.70. The Morgan fingerprint density at radius 2 is 2.15 bits per heavy atom. The van der Waals surface area contributed by atoms with E-state index in [0.29, 0.717) is 5.88 Å². The molecule has 2 aliphatic rings. The number of ether oxygens (including phenoxy) is 1. The minimum Gasteiger partial charge on any atom is -0.481 e. The zero-order chi connectivity index (χ0) is 19.0. The molecule has 144 valence electrons. The Morgan fingerprint density at radius 3 is 2.89 bits per heavy atom. The van der Waals surface area contributed by atoms with Crippen molar-refractivity contribution in [2.45, 2.75) is 25.3 Å². The van der Waals surface area contributed by atoms with Gasteiger partial charge in [-0.3, -0.25) is 14.4 Å². The van der Waals surface area contributed by atoms with Gasteiger partial charge in [0, 0.05) is 69.8 Å². The molecule has 7 heteroatoms. The predicted molar refractivity (Wildman–Crippen MR) is 101 cm³/mol. The fourth-order valence-corrected chi connectivity index (χ4v) is 4.89. The van der Waals surface area contributed by atoms with Gasteiger partial charge >= 0.3 is 0 Å². The molecule has 2 aromatic heterocycles. The van der Waals surface area contributed by atoms with Crippen molar-refractivity contribution in [1.82, 2.24) is 24.6 Å². The van der Waals surface area contributed by atoms with E-state index >= 15 is 0 Å². The summed E-state index contributed by atoms with van der Waals surface area (Å²) in [5, 5.41) is 4.36. The molecule has 4 heterocycles. The topological polar surface area (TPSA) is 63.5 Å². The molecule has 0 unspecified atom stereocenters. The highest BCUT2D eigenvalue weighted by molar-refractivity contribution is 5.85. The lowest BCUT2D eigenvalue weighted by Crippen LogP contribution is -2.50. The lowest BCUT2D eigenvalue weighted by molar-refractivity contribution is -0.145. The van der Waals surface area contributed by atoms with Crippen molar-refractivity contribution >= 4 is 5.91 Å². The Hall–Kier alpha value is -2.41. The number of hydrogen-bond donors (Lipinski definition) is 0. The van der Waals surface area contributed by atoms with E-state index in [0.717, 1.165) is 50.3 Å². The van der Waals surface area contributed by atoms with Crippen molar-refractivity contribution in [3.8, 4) is 5.88 Å². The molecule has 0 radical (unpaired) electrons. The van der Waals surface area contributed by atoms with Gasteiger partial charge in [0.25, 0.3) is 0 Å². The molecule has 27 heavy (non-hydrogen) atoms. The minimum atomic E-state index is -0.379. The summed E-state index contributed by atoms with van der Waals surface area (Å²) in [7, 11) is 5.54. The quantitative estimate of drug-likeness (QED) is 0.820. The van der Waals surface area contributed by atoms with Crippen molar-refractivity contribution in [3.63, 3.8) is 0 Å². The highest BCUT2D eigenvalue weighted by atomic mass is 16.5. The van der Waals surface area contributed by atoms with E-state index in [-0.39, 0.29) is 17.2 Å². The summed E-state index contributed by atoms with van der Waals surface area (Å²) in [6.07, 6.45) is 5.53. The van der Waals surface area contributed by atoms with Gasteiger partial charge in [0.1, 0.15) is 0 Å². The average molecular weight is 369 g/mol. The van der Waals surface area contributed by atoms with Gasteiger partial charge in [0.2, 0.25) is 11.8 Å². The third-order valence-corrected chi connectivity index (χ3v) is 6.16. The zero-order valence-corrected chi connectivity index (χ0v) is 16.3. The van der Waals surface area contributed by atoms with E-state index < -0.39 is 0 Å². The molecule has 1 amide bonds. The summed E-state index contributed by atoms with van der Waals surface area (Å²) in [6.45, 7) is 3.15. The van der Waals surface area contributed by atoms with Crippen LogP contribution in [0.1, 0.15) is 30.0 Å². The lowest BCUT2D eigenvalue weighted by Gasteiger charge is -2.41. The second-order valence-corrected chi connectivity index (χ2v) is 7.76. The van der Waals surface area contributed by atoms with Gasteiger partial charge in [-0.25, -0.2) is 4.98 Å². The Morgan fingerprint density at radius 1 is 1.30 bits per heavy atom. The van der Waals surface area contributed by atoms with Crippen molar-refractivity contribution < 1.29 is 9.53 Å². The molecule has 2 saturated heterocycles. The highest BCUT2D eigenvalue weighted by Gasteiger charge is 2.55. The first kappa shape index (κ1) is 18.0. The van der Waals surface area contributed by atoms with Gasteiger partial charge in [-0.2, -0.15) is 5.10 Å². The molecule has 2 atom stereocenters. The maximum atomic E-state index is 13.3. The van der Waals surface area contributed by atoms with Crippen LogP contribution in [0.4, 0.5) is 0 Å². The number of carbonyl (C=O) groups is 1. The van der Waals surface area contributed by atoms with Crippen LogP contribution in [-0.2, 0) is 18.4 Å². The van der Waals surface area contributed by atoms with Crippen LogP contribution in [0, 0.1) is 5.41 Å². The molecule has 0 bridgehead atoms. The average Bonchev–Trinajstić information content (AvgIpc) is 3.24. The van der Waals surface area contributed by atoms with Crippen molar-refractivity contribution in [1.29, 1.82) is 0 Å². The van der Waals surface area contributed by atoms with Crippen LogP contribution in [0.3, 0.4) is 0 Å². The molecule has 0 aliphatic carbocycles. The Labute approximate surface area is 159 Å². The van der Waals surface area contributed by atoms with Gasteiger partial charge in [0.05, 0.1) is 12.5 Å². The first-order chi connectivity index (χ1) is 13.0. The first-order valence-electron chi connectivity index (χ1n) is 9.49. The molecule has 7 nitrogen and oxygen atoms in total. The maximum Gasteiger partial charge on any atom is 0.230 e. The maximum absolute atomic E-state index is 13.3. The van der Waals surface area contributed by atoms with Gasteiger partial charge in [-0.05, 0) is 25.0 Å². The van der Waals surface area contributed by atoms with Crippen LogP contribution in [0.15, 0.2) is 30.6 Å². The Balaban J connectivity index is 1.67. The summed E-state index contributed by atoms with van der Waals surface area (Å²) in [6, 6.07) is 6.04. The number of pyridine rings is 1. The molecule has 1 spiro atoms. The second-order valence-electron chi connectivity index (χ2n) is 7.76. The van der Waals surface area contributed by atoms with Crippen LogP contribution >= 0.6 is 0 Å². The van der Waals surface area contributed by atoms with Gasteiger partial charge in [-0.1, -0.05) is 6.07 Å². The molecule has 0 aromatic carbocycles. The normalized spacial score (nSPS) is 26.1. The molecular formula is C20H27N5O2. The number of carbonyl (C=O) groups excluding carboxylic acids is 1. The van der Waals surface area contributed by atoms with E-state index in [1.165, 1.54) is 0 Å². The highest BCUT2D eigenvalue weighted by Crippen LogP contribution is 2.49. The predicted octanol–water partition coefficient (Wildman–Crippen LogP) is 1.66. The fraction of sp³-hybridized carbons (Fsp3) is 0.550. The van der Waals surface area contributed by atoms with Crippen LogP contribution < -0.4 is 4.74 Å². The van der Waals surface area contributed by atoms with Gasteiger partial charge in [0.15, 0.2) is 0 Å². The number of aryl methyl sites for hydroxylation is 1. The smallest absolute Gasteiger partial charge is 0.230 e. The first-order valence-corrected chi connectivity index (χ1v) is 9.49. The number of piperidine rings is 1. The van der Waals surface area contributed by atoms with Crippen LogP contribution in [0.2, 0.25) is 0 Å². The molecule has 2 aromatic rings. The third kappa shape index (κ3) is 3.00. The molecule has 0 N–H and O–H groups in total. The van der Waals surface area contributed by atoms with E-state index in [9.17, 15) is 4.79 Å². The third-order valence-electron chi connectivity index (χ3n) is 6.16. The number of nitrogens with zero attached hydrogens (tertiary/aromatic N) is 5. The zero-order valence-electron chi connectivity index (χ0n) is 16.3. The summed E-state index contributed by atoms with van der Waals surface area (Å²) >= 11 is 0. The van der Waals surface area contributed by atoms with Crippen molar-refractivity contribution in [2.24, 2.45) is 12.5 Å². The number of hydrogen-bond acceptors (Lipinski definition) is 5. The second kappa shape index (κ2) is 6.96. The van der Waals surface area contributed by atoms with Gasteiger partial charge in [-0.15, -0.1) is 0 Å². The number of rotatable bonds is 4. The standard InChI is InChI=1S/C20H27N5O2/c1-23-11-5-8-20(19(23)26)14-25(12-15-6-4-9-21-18(15)27-3)13-16(20)17-7-10-22-24(17)2/h4,6-7,9-10,16H,5,8,11-14H2,1-3H3/t16-,20+/m0/s1. The van der Waals surface area contributed by atoms with Crippen LogP contribution in [0.5, 0.6) is 5.88 Å². The number of likely N-dealkylation sites (tertiary alicyclic amines) is 2. The number of amides is 1. The summed E-state index contributed by atoms with van der Waals surface area (Å²) in [5.41, 5.74) is 1.81.